The summed E-state index contributed by atoms with van der Waals surface area (Å²) in [6.07, 6.45) is 0. The number of hydrogen-bond acceptors (Lipinski definition) is 4. The van der Waals surface area contributed by atoms with Gasteiger partial charge in [-0.25, -0.2) is 12.8 Å². The molecule has 0 saturated carbocycles. The van der Waals surface area contributed by atoms with Crippen molar-refractivity contribution in [1.29, 1.82) is 5.26 Å². The molecule has 0 heterocycles. The molecule has 2 aromatic rings. The molecule has 2 aromatic carbocycles. The number of nitrogens with one attached hydrogen (secondary N) is 2. The molecule has 0 spiro atoms. The Hall–Kier alpha value is -2.92. The summed E-state index contributed by atoms with van der Waals surface area (Å²) in [7, 11) is -3.85. The average molecular weight is 375 g/mol. The average Bonchev–Trinajstić information content (AvgIpc) is 2.63. The molecule has 0 radical (unpaired) electrons. The van der Waals surface area contributed by atoms with Crippen LogP contribution in [0.15, 0.2) is 53.4 Å². The van der Waals surface area contributed by atoms with E-state index in [9.17, 15) is 17.6 Å². The van der Waals surface area contributed by atoms with Crippen LogP contribution in [0.4, 0.5) is 15.8 Å². The predicted octanol–water partition coefficient (Wildman–Crippen LogP) is 3.29. The van der Waals surface area contributed by atoms with Crippen LogP contribution in [0, 0.1) is 16.7 Å². The summed E-state index contributed by atoms with van der Waals surface area (Å²) < 4.78 is 40.0. The molecule has 0 bridgehead atoms. The topological polar surface area (TPSA) is 99.1 Å². The number of halogens is 1. The normalized spacial score (nSPS) is 11.5. The van der Waals surface area contributed by atoms with Crippen LogP contribution in [0.25, 0.3) is 0 Å². The Morgan fingerprint density at radius 1 is 1.15 bits per heavy atom. The second-order valence-electron chi connectivity index (χ2n) is 6.29. The first-order chi connectivity index (χ1) is 12.2. The quantitative estimate of drug-likeness (QED) is 0.809. The Morgan fingerprint density at radius 2 is 1.77 bits per heavy atom. The number of alkyl halides is 1. The molecule has 0 aliphatic rings. The van der Waals surface area contributed by atoms with E-state index in [-0.39, 0.29) is 16.1 Å². The lowest BCUT2D eigenvalue weighted by atomic mass is 9.94. The Balaban J connectivity index is 2.14. The fourth-order valence-electron chi connectivity index (χ4n) is 1.93. The third kappa shape index (κ3) is 4.58. The monoisotopic (exact) mass is 375 g/mol. The third-order valence-corrected chi connectivity index (χ3v) is 5.00. The maximum atomic E-state index is 12.8. The summed E-state index contributed by atoms with van der Waals surface area (Å²) in [6.45, 7) is 2.18. The van der Waals surface area contributed by atoms with Crippen molar-refractivity contribution in [2.45, 2.75) is 18.7 Å². The summed E-state index contributed by atoms with van der Waals surface area (Å²) in [5.41, 5.74) is -0.200. The van der Waals surface area contributed by atoms with Gasteiger partial charge in [-0.3, -0.25) is 9.52 Å². The molecular weight excluding hydrogens is 357 g/mol. The summed E-state index contributed by atoms with van der Waals surface area (Å²) in [5, 5.41) is 11.4. The lowest BCUT2D eigenvalue weighted by Crippen LogP contribution is -2.32. The van der Waals surface area contributed by atoms with Gasteiger partial charge in [0.1, 0.15) is 6.67 Å². The second kappa shape index (κ2) is 7.54. The molecule has 0 fully saturated rings. The highest BCUT2D eigenvalue weighted by molar-refractivity contribution is 7.92. The first-order valence-corrected chi connectivity index (χ1v) is 9.17. The van der Waals surface area contributed by atoms with Crippen molar-refractivity contribution in [3.8, 4) is 6.07 Å². The van der Waals surface area contributed by atoms with Crippen LogP contribution in [0.3, 0.4) is 0 Å². The molecule has 8 heteroatoms. The van der Waals surface area contributed by atoms with Gasteiger partial charge in [-0.05, 0) is 56.3 Å². The Bertz CT molecular complexity index is 948. The van der Waals surface area contributed by atoms with Gasteiger partial charge in [-0.15, -0.1) is 0 Å². The van der Waals surface area contributed by atoms with Gasteiger partial charge in [0.15, 0.2) is 0 Å². The largest absolute Gasteiger partial charge is 0.326 e. The summed E-state index contributed by atoms with van der Waals surface area (Å²) in [5.74, 6) is -0.471. The van der Waals surface area contributed by atoms with Gasteiger partial charge in [0.25, 0.3) is 10.0 Å². The van der Waals surface area contributed by atoms with Gasteiger partial charge in [0.2, 0.25) is 5.91 Å². The van der Waals surface area contributed by atoms with Gasteiger partial charge < -0.3 is 5.32 Å². The fourth-order valence-corrected chi connectivity index (χ4v) is 3.03. The minimum atomic E-state index is -3.85. The van der Waals surface area contributed by atoms with E-state index in [4.69, 9.17) is 5.26 Å². The summed E-state index contributed by atoms with van der Waals surface area (Å²) >= 11 is 0. The molecule has 0 unspecified atom stereocenters. The lowest BCUT2D eigenvalue weighted by molar-refractivity contribution is -0.124. The van der Waals surface area contributed by atoms with Crippen molar-refractivity contribution in [1.82, 2.24) is 0 Å². The Kier molecular flexibility index (Phi) is 5.63. The molecule has 26 heavy (non-hydrogen) atoms. The van der Waals surface area contributed by atoms with Crippen molar-refractivity contribution in [3.05, 3.63) is 54.1 Å². The zero-order chi connectivity index (χ0) is 19.4. The van der Waals surface area contributed by atoms with E-state index >= 15 is 0 Å². The highest BCUT2D eigenvalue weighted by Gasteiger charge is 2.27. The van der Waals surface area contributed by atoms with Gasteiger partial charge in [0.05, 0.1) is 21.9 Å². The number of anilines is 2. The number of carbonyl (C=O) groups is 1. The van der Waals surface area contributed by atoms with Crippen molar-refractivity contribution in [2.75, 3.05) is 16.7 Å². The summed E-state index contributed by atoms with van der Waals surface area (Å²) in [6, 6.07) is 13.5. The van der Waals surface area contributed by atoms with Crippen LogP contribution in [0.1, 0.15) is 19.4 Å². The van der Waals surface area contributed by atoms with Gasteiger partial charge in [-0.2, -0.15) is 5.26 Å². The number of sulfonamides is 1. The Morgan fingerprint density at radius 3 is 2.35 bits per heavy atom. The van der Waals surface area contributed by atoms with Crippen molar-refractivity contribution in [3.63, 3.8) is 0 Å². The zero-order valence-electron chi connectivity index (χ0n) is 14.3. The Labute approximate surface area is 151 Å². The number of carbonyl (C=O) groups excluding carboxylic acids is 1. The number of rotatable bonds is 6. The van der Waals surface area contributed by atoms with Crippen LogP contribution in [-0.2, 0) is 14.8 Å². The highest BCUT2D eigenvalue weighted by Crippen LogP contribution is 2.22. The minimum absolute atomic E-state index is 0.0291. The number of hydrogen-bond donors (Lipinski definition) is 2. The molecular formula is C18H18FN3O3S. The van der Waals surface area contributed by atoms with E-state index < -0.39 is 28.0 Å². The molecule has 2 N–H and O–H groups in total. The highest BCUT2D eigenvalue weighted by atomic mass is 32.2. The lowest BCUT2D eigenvalue weighted by Gasteiger charge is -2.19. The fraction of sp³-hybridized carbons (Fsp3) is 0.222. The molecule has 0 aliphatic heterocycles. The molecule has 1 amide bonds. The van der Waals surface area contributed by atoms with Gasteiger partial charge in [-0.1, -0.05) is 6.07 Å². The maximum absolute atomic E-state index is 12.8. The maximum Gasteiger partial charge on any atom is 0.261 e. The van der Waals surface area contributed by atoms with Crippen LogP contribution >= 0.6 is 0 Å². The van der Waals surface area contributed by atoms with Crippen LogP contribution in [-0.4, -0.2) is 21.0 Å². The number of nitrogens with zero attached hydrogens (tertiary/aromatic N) is 1. The van der Waals surface area contributed by atoms with E-state index in [1.54, 1.807) is 0 Å². The van der Waals surface area contributed by atoms with Crippen molar-refractivity contribution < 1.29 is 17.6 Å². The van der Waals surface area contributed by atoms with Crippen molar-refractivity contribution in [2.24, 2.45) is 5.41 Å². The van der Waals surface area contributed by atoms with Gasteiger partial charge >= 0.3 is 0 Å². The van der Waals surface area contributed by atoms with Gasteiger partial charge in [0, 0.05) is 11.4 Å². The predicted molar refractivity (Wildman–Crippen MR) is 96.8 cm³/mol. The molecule has 0 saturated heterocycles. The van der Waals surface area contributed by atoms with E-state index in [0.717, 1.165) is 0 Å². The first-order valence-electron chi connectivity index (χ1n) is 7.68. The SMILES string of the molecule is CC(C)(CF)C(=O)Nc1ccc(NS(=O)(=O)c2cccc(C#N)c2)cc1. The summed E-state index contributed by atoms with van der Waals surface area (Å²) in [4.78, 5) is 11.9. The van der Waals surface area contributed by atoms with E-state index in [1.165, 1.54) is 62.4 Å². The van der Waals surface area contributed by atoms with E-state index in [2.05, 4.69) is 10.0 Å². The van der Waals surface area contributed by atoms with E-state index in [1.807, 2.05) is 6.07 Å². The molecule has 136 valence electrons. The molecule has 0 aromatic heterocycles. The molecule has 0 atom stereocenters. The number of nitriles is 1. The molecule has 0 aliphatic carbocycles. The van der Waals surface area contributed by atoms with Crippen LogP contribution in [0.2, 0.25) is 0 Å². The number of benzene rings is 2. The third-order valence-electron chi connectivity index (χ3n) is 3.62. The van der Waals surface area contributed by atoms with Crippen molar-refractivity contribution >= 4 is 27.3 Å². The van der Waals surface area contributed by atoms with E-state index in [0.29, 0.717) is 5.69 Å². The molecule has 2 rings (SSSR count). The smallest absolute Gasteiger partial charge is 0.261 e. The standard InChI is InChI=1S/C18H18FN3O3S/c1-18(2,12-19)17(23)21-14-6-8-15(9-7-14)22-26(24,25)16-5-3-4-13(10-16)11-20/h3-10,22H,12H2,1-2H3,(H,21,23). The first kappa shape index (κ1) is 19.4. The van der Waals surface area contributed by atoms with Crippen LogP contribution < -0.4 is 10.0 Å². The minimum Gasteiger partial charge on any atom is -0.326 e. The number of amides is 1. The second-order valence-corrected chi connectivity index (χ2v) is 7.98. The molecule has 6 nitrogen and oxygen atoms in total. The van der Waals surface area contributed by atoms with Crippen LogP contribution in [0.5, 0.6) is 0 Å². The zero-order valence-corrected chi connectivity index (χ0v) is 15.1.